The van der Waals surface area contributed by atoms with Crippen LogP contribution in [0.2, 0.25) is 10.0 Å². The third kappa shape index (κ3) is 6.99. The molecule has 3 aromatic carbocycles. The average molecular weight is 608 g/mol. The molecule has 0 aliphatic heterocycles. The number of aryl methyl sites for hydroxylation is 1. The zero-order chi connectivity index (χ0) is 28.8. The number of benzene rings is 3. The number of halogens is 2. The Morgan fingerprint density at radius 3 is 2.54 bits per heavy atom. The van der Waals surface area contributed by atoms with Gasteiger partial charge in [-0.05, 0) is 80.1 Å². The fourth-order valence-electron chi connectivity index (χ4n) is 4.66. The summed E-state index contributed by atoms with van der Waals surface area (Å²) in [7, 11) is 0. The Hall–Kier alpha value is -3.65. The van der Waals surface area contributed by atoms with Gasteiger partial charge in [0.1, 0.15) is 17.4 Å². The van der Waals surface area contributed by atoms with Crippen LogP contribution in [0.4, 0.5) is 10.7 Å². The van der Waals surface area contributed by atoms with Gasteiger partial charge in [-0.15, -0.1) is 11.3 Å². The number of nitrogens with zero attached hydrogens (tertiary/aromatic N) is 1. The summed E-state index contributed by atoms with van der Waals surface area (Å²) in [6, 6.07) is 19.8. The normalized spacial score (nSPS) is 12.7. The molecule has 4 aromatic rings. The van der Waals surface area contributed by atoms with Crippen molar-refractivity contribution in [3.8, 4) is 5.75 Å². The Bertz CT molecular complexity index is 1580. The van der Waals surface area contributed by atoms with Crippen LogP contribution in [0.3, 0.4) is 0 Å². The van der Waals surface area contributed by atoms with E-state index in [9.17, 15) is 9.59 Å². The summed E-state index contributed by atoms with van der Waals surface area (Å²) in [5.74, 6) is -0.119. The molecule has 0 saturated heterocycles. The molecule has 41 heavy (non-hydrogen) atoms. The Labute approximate surface area is 252 Å². The number of esters is 1. The summed E-state index contributed by atoms with van der Waals surface area (Å²) < 4.78 is 11.2. The van der Waals surface area contributed by atoms with Crippen LogP contribution < -0.4 is 10.1 Å². The molecule has 1 aromatic heterocycles. The molecule has 1 amide bonds. The molecule has 1 heterocycles. The SMILES string of the molecule is CCOC(=O)c1ccc(COc2c(Cl)cc(Cl)cc2C=Nc2sc3c(c2C(=O)Nc2ccccc2)CCCC3)cc1. The summed E-state index contributed by atoms with van der Waals surface area (Å²) in [5, 5.41) is 4.44. The third-order valence-electron chi connectivity index (χ3n) is 6.62. The quantitative estimate of drug-likeness (QED) is 0.153. The van der Waals surface area contributed by atoms with E-state index in [-0.39, 0.29) is 18.5 Å². The number of rotatable bonds is 9. The number of thiophene rings is 1. The van der Waals surface area contributed by atoms with Gasteiger partial charge in [-0.2, -0.15) is 0 Å². The molecule has 6 nitrogen and oxygen atoms in total. The van der Waals surface area contributed by atoms with Crippen LogP contribution in [0.5, 0.6) is 5.75 Å². The Balaban J connectivity index is 1.41. The molecule has 0 saturated carbocycles. The lowest BCUT2D eigenvalue weighted by atomic mass is 9.95. The topological polar surface area (TPSA) is 77.0 Å². The van der Waals surface area contributed by atoms with Crippen molar-refractivity contribution in [3.05, 3.63) is 109 Å². The summed E-state index contributed by atoms with van der Waals surface area (Å²) in [5.41, 5.74) is 4.33. The van der Waals surface area contributed by atoms with E-state index in [4.69, 9.17) is 37.7 Å². The molecule has 210 valence electrons. The molecule has 0 spiro atoms. The fourth-order valence-corrected chi connectivity index (χ4v) is 6.45. The molecule has 9 heteroatoms. The highest BCUT2D eigenvalue weighted by molar-refractivity contribution is 7.16. The van der Waals surface area contributed by atoms with Gasteiger partial charge in [-0.3, -0.25) is 4.79 Å². The summed E-state index contributed by atoms with van der Waals surface area (Å²) in [6.07, 6.45) is 5.58. The maximum Gasteiger partial charge on any atom is 0.338 e. The van der Waals surface area contributed by atoms with Crippen molar-refractivity contribution < 1.29 is 19.1 Å². The number of carbonyl (C=O) groups excluding carboxylic acids is 2. The monoisotopic (exact) mass is 606 g/mol. The number of fused-ring (bicyclic) bond motifs is 1. The molecule has 0 unspecified atom stereocenters. The number of para-hydroxylation sites is 1. The number of anilines is 1. The zero-order valence-electron chi connectivity index (χ0n) is 22.4. The fraction of sp³-hybridized carbons (Fsp3) is 0.219. The van der Waals surface area contributed by atoms with Gasteiger partial charge < -0.3 is 14.8 Å². The van der Waals surface area contributed by atoms with Crippen molar-refractivity contribution in [2.24, 2.45) is 4.99 Å². The average Bonchev–Trinajstić information content (AvgIpc) is 3.35. The van der Waals surface area contributed by atoms with Crippen LogP contribution in [0.15, 0.2) is 71.7 Å². The molecule has 0 fully saturated rings. The van der Waals surface area contributed by atoms with Crippen LogP contribution in [0, 0.1) is 0 Å². The minimum atomic E-state index is -0.369. The highest BCUT2D eigenvalue weighted by Gasteiger charge is 2.25. The number of ether oxygens (including phenoxy) is 2. The zero-order valence-corrected chi connectivity index (χ0v) is 24.7. The standard InChI is InChI=1S/C32H28Cl2N2O4S/c1-2-39-32(38)21-14-12-20(13-15-21)19-40-29-22(16-23(33)17-26(29)34)18-35-31-28(25-10-6-7-11-27(25)41-31)30(37)36-24-8-4-3-5-9-24/h3-5,8-9,12-18H,2,6-7,10-11,19H2,1H3,(H,36,37). The lowest BCUT2D eigenvalue weighted by molar-refractivity contribution is 0.0526. The molecule has 5 rings (SSSR count). The number of hydrogen-bond donors (Lipinski definition) is 1. The van der Waals surface area contributed by atoms with Crippen molar-refractivity contribution in [1.82, 2.24) is 0 Å². The largest absolute Gasteiger partial charge is 0.487 e. The summed E-state index contributed by atoms with van der Waals surface area (Å²) in [6.45, 7) is 2.30. The maximum atomic E-state index is 13.4. The van der Waals surface area contributed by atoms with Gasteiger partial charge in [0.15, 0.2) is 0 Å². The smallest absolute Gasteiger partial charge is 0.338 e. The van der Waals surface area contributed by atoms with Crippen molar-refractivity contribution in [2.75, 3.05) is 11.9 Å². The molecule has 1 aliphatic rings. The lowest BCUT2D eigenvalue weighted by Gasteiger charge is -2.13. The van der Waals surface area contributed by atoms with E-state index < -0.39 is 0 Å². The Morgan fingerprint density at radius 2 is 1.78 bits per heavy atom. The van der Waals surface area contributed by atoms with Crippen molar-refractivity contribution in [1.29, 1.82) is 0 Å². The Morgan fingerprint density at radius 1 is 1.02 bits per heavy atom. The molecule has 0 radical (unpaired) electrons. The number of aliphatic imine (C=N–C) groups is 1. The number of hydrogen-bond acceptors (Lipinski definition) is 6. The summed E-state index contributed by atoms with van der Waals surface area (Å²) >= 11 is 14.4. The van der Waals surface area contributed by atoms with E-state index in [1.807, 2.05) is 30.3 Å². The Kier molecular flexibility index (Phi) is 9.39. The molecular formula is C32H28Cl2N2O4S. The first-order chi connectivity index (χ1) is 19.9. The predicted molar refractivity (Wildman–Crippen MR) is 166 cm³/mol. The predicted octanol–water partition coefficient (Wildman–Crippen LogP) is 8.69. The first-order valence-corrected chi connectivity index (χ1v) is 14.9. The van der Waals surface area contributed by atoms with Crippen molar-refractivity contribution in [3.63, 3.8) is 0 Å². The van der Waals surface area contributed by atoms with Crippen molar-refractivity contribution in [2.45, 2.75) is 39.2 Å². The molecule has 0 atom stereocenters. The molecular weight excluding hydrogens is 579 g/mol. The van der Waals surface area contributed by atoms with E-state index in [2.05, 4.69) is 5.32 Å². The van der Waals surface area contributed by atoms with Gasteiger partial charge in [0, 0.05) is 27.4 Å². The van der Waals surface area contributed by atoms with Gasteiger partial charge in [-0.1, -0.05) is 53.5 Å². The number of carbonyl (C=O) groups is 2. The van der Waals surface area contributed by atoms with Gasteiger partial charge in [0.25, 0.3) is 5.91 Å². The van der Waals surface area contributed by atoms with E-state index in [0.717, 1.165) is 42.5 Å². The molecule has 0 bridgehead atoms. The molecule has 1 aliphatic carbocycles. The van der Waals surface area contributed by atoms with E-state index >= 15 is 0 Å². The van der Waals surface area contributed by atoms with Crippen LogP contribution in [0.25, 0.3) is 0 Å². The minimum absolute atomic E-state index is 0.172. The minimum Gasteiger partial charge on any atom is -0.487 e. The molecule has 1 N–H and O–H groups in total. The van der Waals surface area contributed by atoms with Crippen molar-refractivity contribution >= 4 is 63.3 Å². The summed E-state index contributed by atoms with van der Waals surface area (Å²) in [4.78, 5) is 31.4. The number of amides is 1. The first kappa shape index (κ1) is 28.9. The van der Waals surface area contributed by atoms with Gasteiger partial charge in [0.05, 0.1) is 22.8 Å². The maximum absolute atomic E-state index is 13.4. The number of nitrogens with one attached hydrogen (secondary N) is 1. The van der Waals surface area contributed by atoms with Crippen LogP contribution in [-0.4, -0.2) is 24.7 Å². The second-order valence-electron chi connectivity index (χ2n) is 9.48. The van der Waals surface area contributed by atoms with Gasteiger partial charge >= 0.3 is 5.97 Å². The van der Waals surface area contributed by atoms with E-state index in [1.54, 1.807) is 60.9 Å². The van der Waals surface area contributed by atoms with Crippen LogP contribution in [-0.2, 0) is 24.2 Å². The van der Waals surface area contributed by atoms with Gasteiger partial charge in [-0.25, -0.2) is 9.79 Å². The van der Waals surface area contributed by atoms with Crippen LogP contribution in [0.1, 0.15) is 62.0 Å². The second-order valence-corrected chi connectivity index (χ2v) is 11.4. The van der Waals surface area contributed by atoms with E-state index in [1.165, 1.54) is 4.88 Å². The highest BCUT2D eigenvalue weighted by Crippen LogP contribution is 2.41. The first-order valence-electron chi connectivity index (χ1n) is 13.4. The highest BCUT2D eigenvalue weighted by atomic mass is 35.5. The third-order valence-corrected chi connectivity index (χ3v) is 8.32. The van der Waals surface area contributed by atoms with E-state index in [0.29, 0.717) is 44.1 Å². The lowest BCUT2D eigenvalue weighted by Crippen LogP contribution is -2.14. The van der Waals surface area contributed by atoms with Crippen LogP contribution >= 0.6 is 34.5 Å². The van der Waals surface area contributed by atoms with Gasteiger partial charge in [0.2, 0.25) is 0 Å². The second kappa shape index (κ2) is 13.3.